The predicted octanol–water partition coefficient (Wildman–Crippen LogP) is 0.154. The standard InChI is InChI=1S/C28H37N3O14/c1-26-7-5-16(32)9-15(26)3-4-18-19-6-8-28(37,27(19,2)11-21(33)24(18)26)22(34)14-42-23(35)10-20(29)25(36)43-12-17(45-31(40)41)13-44-30(38)39/h3,5,7,17-21,24,33,37H,4,6,8-14,29H2,1-2H3/t17?,18-,19-,20?,21-,24+,26-,27-,28-/m0/s1. The van der Waals surface area contributed by atoms with Crippen LogP contribution in [0.4, 0.5) is 0 Å². The van der Waals surface area contributed by atoms with Gasteiger partial charge in [-0.05, 0) is 43.6 Å². The lowest BCUT2D eigenvalue weighted by molar-refractivity contribution is -0.790. The highest BCUT2D eigenvalue weighted by Gasteiger charge is 2.68. The van der Waals surface area contributed by atoms with Gasteiger partial charge in [0.05, 0.1) is 12.5 Å². The first-order chi connectivity index (χ1) is 21.0. The first-order valence-electron chi connectivity index (χ1n) is 14.5. The number of hydrogen-bond donors (Lipinski definition) is 3. The van der Waals surface area contributed by atoms with Crippen molar-refractivity contribution in [2.45, 2.75) is 76.2 Å². The van der Waals surface area contributed by atoms with Gasteiger partial charge in [-0.25, -0.2) is 0 Å². The van der Waals surface area contributed by atoms with Crippen molar-refractivity contribution < 1.29 is 58.7 Å². The van der Waals surface area contributed by atoms with Crippen molar-refractivity contribution in [3.63, 3.8) is 0 Å². The molecule has 4 aliphatic rings. The van der Waals surface area contributed by atoms with Gasteiger partial charge in [-0.3, -0.25) is 19.2 Å². The molecule has 17 nitrogen and oxygen atoms in total. The lowest BCUT2D eigenvalue weighted by atomic mass is 9.47. The number of hydrogen-bond acceptors (Lipinski definition) is 15. The van der Waals surface area contributed by atoms with E-state index in [1.807, 2.05) is 19.1 Å². The summed E-state index contributed by atoms with van der Waals surface area (Å²) >= 11 is 0. The van der Waals surface area contributed by atoms with Crippen LogP contribution >= 0.6 is 0 Å². The number of carbonyl (C=O) groups excluding carboxylic acids is 4. The highest BCUT2D eigenvalue weighted by Crippen LogP contribution is 2.66. The second-order valence-corrected chi connectivity index (χ2v) is 12.6. The smallest absolute Gasteiger partial charge is 0.323 e. The fraction of sp³-hybridized carbons (Fsp3) is 0.714. The van der Waals surface area contributed by atoms with Crippen molar-refractivity contribution in [1.82, 2.24) is 0 Å². The summed E-state index contributed by atoms with van der Waals surface area (Å²) in [7, 11) is 0. The molecule has 0 aromatic carbocycles. The molecule has 248 valence electrons. The zero-order valence-corrected chi connectivity index (χ0v) is 24.8. The molecular formula is C28H37N3O14. The normalized spacial score (nSPS) is 34.6. The maximum absolute atomic E-state index is 13.4. The van der Waals surface area contributed by atoms with Crippen molar-refractivity contribution in [3.05, 3.63) is 44.0 Å². The van der Waals surface area contributed by atoms with E-state index in [4.69, 9.17) is 15.2 Å². The topological polar surface area (TPSA) is 258 Å². The molecule has 45 heavy (non-hydrogen) atoms. The molecule has 0 aromatic rings. The maximum Gasteiger partial charge on any atom is 0.323 e. The minimum atomic E-state index is -1.90. The molecule has 0 heterocycles. The molecule has 4 N–H and O–H groups in total. The number of carbonyl (C=O) groups is 4. The fourth-order valence-electron chi connectivity index (χ4n) is 7.94. The third-order valence-corrected chi connectivity index (χ3v) is 10.1. The van der Waals surface area contributed by atoms with Crippen LogP contribution in [0.3, 0.4) is 0 Å². The molecule has 2 saturated carbocycles. The Kier molecular flexibility index (Phi) is 9.65. The van der Waals surface area contributed by atoms with Gasteiger partial charge < -0.3 is 35.1 Å². The summed E-state index contributed by atoms with van der Waals surface area (Å²) in [5.74, 6) is -3.39. The average Bonchev–Trinajstić information content (AvgIpc) is 3.23. The second kappa shape index (κ2) is 12.8. The number of aliphatic hydroxyl groups is 2. The minimum Gasteiger partial charge on any atom is -0.462 e. The summed E-state index contributed by atoms with van der Waals surface area (Å²) in [5, 5.41) is 41.6. The molecule has 0 spiro atoms. The number of esters is 2. The molecule has 17 heteroatoms. The van der Waals surface area contributed by atoms with Gasteiger partial charge in [-0.2, -0.15) is 0 Å². The van der Waals surface area contributed by atoms with Gasteiger partial charge in [0, 0.05) is 23.2 Å². The van der Waals surface area contributed by atoms with E-state index in [0.29, 0.717) is 19.3 Å². The Morgan fingerprint density at radius 3 is 2.53 bits per heavy atom. The summed E-state index contributed by atoms with van der Waals surface area (Å²) in [5.41, 5.74) is 3.20. The van der Waals surface area contributed by atoms with Gasteiger partial charge in [-0.15, -0.1) is 20.2 Å². The number of rotatable bonds is 13. The van der Waals surface area contributed by atoms with Crippen LogP contribution in [0.1, 0.15) is 52.4 Å². The van der Waals surface area contributed by atoms with E-state index in [-0.39, 0.29) is 36.4 Å². The van der Waals surface area contributed by atoms with Crippen LogP contribution < -0.4 is 5.73 Å². The van der Waals surface area contributed by atoms with Crippen LogP contribution in [0.15, 0.2) is 23.8 Å². The third-order valence-electron chi connectivity index (χ3n) is 10.1. The van der Waals surface area contributed by atoms with Gasteiger partial charge in [0.2, 0.25) is 5.78 Å². The molecule has 0 radical (unpaired) electrons. The van der Waals surface area contributed by atoms with E-state index >= 15 is 0 Å². The molecule has 0 amide bonds. The average molecular weight is 640 g/mol. The summed E-state index contributed by atoms with van der Waals surface area (Å²) in [6, 6.07) is -1.61. The lowest BCUT2D eigenvalue weighted by Crippen LogP contribution is -2.61. The molecule has 0 aliphatic heterocycles. The van der Waals surface area contributed by atoms with Crippen molar-refractivity contribution in [1.29, 1.82) is 0 Å². The Morgan fingerprint density at radius 1 is 1.16 bits per heavy atom. The van der Waals surface area contributed by atoms with Crippen molar-refractivity contribution in [2.24, 2.45) is 34.3 Å². The van der Waals surface area contributed by atoms with Gasteiger partial charge >= 0.3 is 11.9 Å². The summed E-state index contributed by atoms with van der Waals surface area (Å²) in [6.07, 6.45) is 3.85. The van der Waals surface area contributed by atoms with E-state index in [1.165, 1.54) is 0 Å². The molecule has 0 aromatic heterocycles. The van der Waals surface area contributed by atoms with Gasteiger partial charge in [0.25, 0.3) is 10.2 Å². The fourth-order valence-corrected chi connectivity index (χ4v) is 7.94. The highest BCUT2D eigenvalue weighted by atomic mass is 17.0. The number of ether oxygens (including phenoxy) is 2. The van der Waals surface area contributed by atoms with Gasteiger partial charge in [0.1, 0.15) is 24.9 Å². The molecular weight excluding hydrogens is 602 g/mol. The highest BCUT2D eigenvalue weighted by molar-refractivity contribution is 5.93. The van der Waals surface area contributed by atoms with Crippen LogP contribution in [-0.4, -0.2) is 87.6 Å². The molecule has 4 rings (SSSR count). The largest absolute Gasteiger partial charge is 0.462 e. The molecule has 9 atom stereocenters. The van der Waals surface area contributed by atoms with E-state index in [2.05, 4.69) is 9.68 Å². The predicted molar refractivity (Wildman–Crippen MR) is 147 cm³/mol. The van der Waals surface area contributed by atoms with E-state index < -0.39 is 88.8 Å². The Balaban J connectivity index is 1.33. The molecule has 2 fully saturated rings. The SMILES string of the molecule is C[C@]12C=CC(=O)CC1=CC[C@@H]1[C@@H]2[C@@H](O)C[C@@]2(C)[C@H]1CC[C@]2(O)C(=O)COC(=O)CC(N)C(=O)OCC(CO[N+](=O)[O-])O[N+](=O)[O-]. The second-order valence-electron chi connectivity index (χ2n) is 12.6. The van der Waals surface area contributed by atoms with Crippen molar-refractivity contribution >= 4 is 23.5 Å². The number of ketones is 2. The van der Waals surface area contributed by atoms with Gasteiger partial charge in [-0.1, -0.05) is 31.6 Å². The first kappa shape index (κ1) is 33.9. The summed E-state index contributed by atoms with van der Waals surface area (Å²) in [6.45, 7) is 1.20. The van der Waals surface area contributed by atoms with Crippen LogP contribution in [0, 0.1) is 48.8 Å². The minimum absolute atomic E-state index is 0.0109. The summed E-state index contributed by atoms with van der Waals surface area (Å²) < 4.78 is 9.78. The number of fused-ring (bicyclic) bond motifs is 5. The zero-order chi connectivity index (χ0) is 33.3. The Bertz CT molecular complexity index is 1320. The first-order valence-corrected chi connectivity index (χ1v) is 14.5. The molecule has 0 saturated heterocycles. The van der Waals surface area contributed by atoms with Crippen LogP contribution in [0.5, 0.6) is 0 Å². The number of aliphatic hydroxyl groups excluding tert-OH is 1. The molecule has 0 bridgehead atoms. The lowest BCUT2D eigenvalue weighted by Gasteiger charge is -2.58. The van der Waals surface area contributed by atoms with Crippen LogP contribution in [-0.2, 0) is 38.3 Å². The monoisotopic (exact) mass is 639 g/mol. The Morgan fingerprint density at radius 2 is 1.87 bits per heavy atom. The number of nitrogens with zero attached hydrogens (tertiary/aromatic N) is 2. The third kappa shape index (κ3) is 6.55. The number of allylic oxidation sites excluding steroid dienone is 4. The maximum atomic E-state index is 13.4. The summed E-state index contributed by atoms with van der Waals surface area (Å²) in [4.78, 5) is 79.0. The Labute approximate surface area is 256 Å². The van der Waals surface area contributed by atoms with E-state index in [9.17, 15) is 49.6 Å². The van der Waals surface area contributed by atoms with E-state index in [1.54, 1.807) is 13.0 Å². The number of Topliss-reactive ketones (excluding diaryl/α,β-unsaturated/α-hetero) is 1. The molecule has 4 aliphatic carbocycles. The molecule has 2 unspecified atom stereocenters. The Hall–Kier alpha value is -3.96. The van der Waals surface area contributed by atoms with Gasteiger partial charge in [0.15, 0.2) is 18.5 Å². The zero-order valence-electron chi connectivity index (χ0n) is 24.8. The number of nitrogens with two attached hydrogens (primary N) is 1. The van der Waals surface area contributed by atoms with Crippen molar-refractivity contribution in [2.75, 3.05) is 19.8 Å². The quantitative estimate of drug-likeness (QED) is 0.105. The van der Waals surface area contributed by atoms with Crippen LogP contribution in [0.25, 0.3) is 0 Å². The van der Waals surface area contributed by atoms with E-state index in [0.717, 1.165) is 5.57 Å². The van der Waals surface area contributed by atoms with Crippen molar-refractivity contribution in [3.8, 4) is 0 Å². The van der Waals surface area contributed by atoms with Crippen LogP contribution in [0.2, 0.25) is 0 Å².